The lowest BCUT2D eigenvalue weighted by atomic mass is 9.83. The van der Waals surface area contributed by atoms with Crippen molar-refractivity contribution in [3.05, 3.63) is 35.6 Å². The van der Waals surface area contributed by atoms with Gasteiger partial charge >= 0.3 is 5.97 Å². The summed E-state index contributed by atoms with van der Waals surface area (Å²) < 4.78 is 17.3. The Hall–Kier alpha value is -1.42. The summed E-state index contributed by atoms with van der Waals surface area (Å²) in [5.41, 5.74) is -0.580. The van der Waals surface area contributed by atoms with Crippen LogP contribution in [0.1, 0.15) is 25.5 Å². The molecule has 1 rings (SSSR count). The number of carbonyl (C=O) groups is 1. The van der Waals surface area contributed by atoms with Gasteiger partial charge in [0.2, 0.25) is 0 Å². The monoisotopic (exact) mass is 226 g/mol. The number of hydrogen-bond donors (Lipinski definition) is 1. The molecule has 0 amide bonds. The minimum Gasteiger partial charge on any atom is -0.469 e. The van der Waals surface area contributed by atoms with Crippen LogP contribution in [-0.4, -0.2) is 18.2 Å². The Morgan fingerprint density at radius 2 is 1.88 bits per heavy atom. The lowest BCUT2D eigenvalue weighted by molar-refractivity contribution is -0.157. The Morgan fingerprint density at radius 3 is 2.31 bits per heavy atom. The van der Waals surface area contributed by atoms with Crippen LogP contribution in [0.3, 0.4) is 0 Å². The maximum absolute atomic E-state index is 12.7. The van der Waals surface area contributed by atoms with Crippen LogP contribution in [0.4, 0.5) is 4.39 Å². The Labute approximate surface area is 93.9 Å². The Balaban J connectivity index is 2.97. The van der Waals surface area contributed by atoms with Crippen molar-refractivity contribution >= 4 is 5.97 Å². The van der Waals surface area contributed by atoms with Gasteiger partial charge in [0.1, 0.15) is 5.82 Å². The maximum Gasteiger partial charge on any atom is 0.314 e. The fraction of sp³-hybridized carbons (Fsp3) is 0.417. The maximum atomic E-state index is 12.7. The Kier molecular flexibility index (Phi) is 3.65. The summed E-state index contributed by atoms with van der Waals surface area (Å²) in [6, 6.07) is 5.38. The molecule has 1 aromatic carbocycles. The number of carbonyl (C=O) groups excluding carboxylic acids is 1. The highest BCUT2D eigenvalue weighted by Gasteiger charge is 2.37. The Bertz CT molecular complexity index is 370. The number of halogens is 1. The van der Waals surface area contributed by atoms with E-state index in [-0.39, 0.29) is 5.82 Å². The fourth-order valence-corrected chi connectivity index (χ4v) is 1.44. The smallest absolute Gasteiger partial charge is 0.314 e. The highest BCUT2D eigenvalue weighted by molar-refractivity contribution is 5.76. The normalized spacial score (nSPS) is 13.3. The average molecular weight is 226 g/mol. The molecule has 4 heteroatoms. The van der Waals surface area contributed by atoms with Gasteiger partial charge in [0, 0.05) is 0 Å². The second-order valence-corrected chi connectivity index (χ2v) is 4.17. The molecule has 0 radical (unpaired) electrons. The van der Waals surface area contributed by atoms with Crippen LogP contribution in [0.25, 0.3) is 0 Å². The highest BCUT2D eigenvalue weighted by atomic mass is 19.1. The molecule has 3 nitrogen and oxygen atoms in total. The van der Waals surface area contributed by atoms with Gasteiger partial charge < -0.3 is 9.84 Å². The zero-order valence-electron chi connectivity index (χ0n) is 9.53. The van der Waals surface area contributed by atoms with Gasteiger partial charge in [-0.3, -0.25) is 4.79 Å². The van der Waals surface area contributed by atoms with Gasteiger partial charge in [-0.05, 0) is 31.5 Å². The zero-order valence-corrected chi connectivity index (χ0v) is 9.53. The summed E-state index contributed by atoms with van der Waals surface area (Å²) in [6.07, 6.45) is -1.03. The van der Waals surface area contributed by atoms with Crippen LogP contribution < -0.4 is 0 Å². The molecule has 16 heavy (non-hydrogen) atoms. The number of aliphatic hydroxyl groups excluding tert-OH is 1. The van der Waals surface area contributed by atoms with Gasteiger partial charge in [-0.15, -0.1) is 0 Å². The molecule has 1 aromatic rings. The zero-order chi connectivity index (χ0) is 12.3. The predicted octanol–water partition coefficient (Wildman–Crippen LogP) is 2.06. The fourth-order valence-electron chi connectivity index (χ4n) is 1.44. The third kappa shape index (κ3) is 2.39. The van der Waals surface area contributed by atoms with E-state index in [1.165, 1.54) is 31.4 Å². The summed E-state index contributed by atoms with van der Waals surface area (Å²) in [5, 5.41) is 10.0. The Morgan fingerprint density at radius 1 is 1.38 bits per heavy atom. The van der Waals surface area contributed by atoms with Crippen LogP contribution in [-0.2, 0) is 9.53 Å². The van der Waals surface area contributed by atoms with Crippen molar-refractivity contribution in [1.82, 2.24) is 0 Å². The van der Waals surface area contributed by atoms with Gasteiger partial charge in [0.25, 0.3) is 0 Å². The van der Waals surface area contributed by atoms with Crippen molar-refractivity contribution in [2.24, 2.45) is 5.41 Å². The summed E-state index contributed by atoms with van der Waals surface area (Å²) in [6.45, 7) is 3.15. The van der Waals surface area contributed by atoms with E-state index < -0.39 is 17.5 Å². The van der Waals surface area contributed by atoms with E-state index in [1.54, 1.807) is 13.8 Å². The molecule has 0 fully saturated rings. The molecular formula is C12H15FO3. The van der Waals surface area contributed by atoms with Gasteiger partial charge in [0.05, 0.1) is 18.6 Å². The van der Waals surface area contributed by atoms with E-state index >= 15 is 0 Å². The summed E-state index contributed by atoms with van der Waals surface area (Å²) in [4.78, 5) is 11.5. The number of aliphatic hydroxyl groups is 1. The molecule has 88 valence electrons. The van der Waals surface area contributed by atoms with Crippen LogP contribution in [0.15, 0.2) is 24.3 Å². The minimum absolute atomic E-state index is 0.383. The number of hydrogen-bond acceptors (Lipinski definition) is 3. The molecule has 0 saturated carbocycles. The predicted molar refractivity (Wildman–Crippen MR) is 57.2 cm³/mol. The van der Waals surface area contributed by atoms with Crippen molar-refractivity contribution < 1.29 is 19.0 Å². The van der Waals surface area contributed by atoms with Gasteiger partial charge in [-0.2, -0.15) is 0 Å². The first-order valence-corrected chi connectivity index (χ1v) is 4.91. The molecule has 0 spiro atoms. The lowest BCUT2D eigenvalue weighted by Gasteiger charge is -2.27. The van der Waals surface area contributed by atoms with Crippen molar-refractivity contribution in [2.45, 2.75) is 20.0 Å². The van der Waals surface area contributed by atoms with Crippen LogP contribution in [0.2, 0.25) is 0 Å². The number of esters is 1. The van der Waals surface area contributed by atoms with Crippen LogP contribution in [0, 0.1) is 11.2 Å². The van der Waals surface area contributed by atoms with Crippen molar-refractivity contribution in [2.75, 3.05) is 7.11 Å². The molecule has 1 unspecified atom stereocenters. The molecule has 1 N–H and O–H groups in total. The minimum atomic E-state index is -1.06. The number of benzene rings is 1. The van der Waals surface area contributed by atoms with Gasteiger partial charge in [-0.25, -0.2) is 4.39 Å². The van der Waals surface area contributed by atoms with E-state index in [2.05, 4.69) is 4.74 Å². The first-order valence-electron chi connectivity index (χ1n) is 4.91. The first kappa shape index (κ1) is 12.6. The van der Waals surface area contributed by atoms with E-state index in [9.17, 15) is 14.3 Å². The summed E-state index contributed by atoms with van der Waals surface area (Å²) >= 11 is 0. The largest absolute Gasteiger partial charge is 0.469 e. The second kappa shape index (κ2) is 4.61. The standard InChI is InChI=1S/C12H15FO3/c1-12(2,11(15)16-3)10(14)8-4-6-9(13)7-5-8/h4-7,10,14H,1-3H3. The molecule has 1 atom stereocenters. The molecule has 0 heterocycles. The third-order valence-corrected chi connectivity index (χ3v) is 2.58. The van der Waals surface area contributed by atoms with E-state index in [1.807, 2.05) is 0 Å². The molecular weight excluding hydrogens is 211 g/mol. The van der Waals surface area contributed by atoms with Crippen molar-refractivity contribution in [3.63, 3.8) is 0 Å². The quantitative estimate of drug-likeness (QED) is 0.802. The average Bonchev–Trinajstić information content (AvgIpc) is 2.28. The topological polar surface area (TPSA) is 46.5 Å². The molecule has 0 bridgehead atoms. The van der Waals surface area contributed by atoms with Crippen LogP contribution in [0.5, 0.6) is 0 Å². The first-order chi connectivity index (χ1) is 7.39. The number of methoxy groups -OCH3 is 1. The SMILES string of the molecule is COC(=O)C(C)(C)C(O)c1ccc(F)cc1. The van der Waals surface area contributed by atoms with Gasteiger partial charge in [-0.1, -0.05) is 12.1 Å². The molecule has 0 saturated heterocycles. The summed E-state index contributed by atoms with van der Waals surface area (Å²) in [7, 11) is 1.27. The second-order valence-electron chi connectivity index (χ2n) is 4.17. The van der Waals surface area contributed by atoms with E-state index in [4.69, 9.17) is 0 Å². The third-order valence-electron chi connectivity index (χ3n) is 2.58. The highest BCUT2D eigenvalue weighted by Crippen LogP contribution is 2.34. The molecule has 0 aliphatic rings. The van der Waals surface area contributed by atoms with Gasteiger partial charge in [0.15, 0.2) is 0 Å². The van der Waals surface area contributed by atoms with E-state index in [0.717, 1.165) is 0 Å². The number of ether oxygens (including phenoxy) is 1. The van der Waals surface area contributed by atoms with Crippen molar-refractivity contribution in [1.29, 1.82) is 0 Å². The van der Waals surface area contributed by atoms with E-state index in [0.29, 0.717) is 5.56 Å². The van der Waals surface area contributed by atoms with Crippen molar-refractivity contribution in [3.8, 4) is 0 Å². The molecule has 0 aliphatic carbocycles. The molecule has 0 aromatic heterocycles. The summed E-state index contributed by atoms with van der Waals surface area (Å²) in [5.74, 6) is -0.892. The molecule has 0 aliphatic heterocycles. The number of rotatable bonds is 3. The lowest BCUT2D eigenvalue weighted by Crippen LogP contribution is -2.32. The van der Waals surface area contributed by atoms with Crippen LogP contribution >= 0.6 is 0 Å².